The standard InChI is InChI=1S/C17H27NO3/c1-20-15-8-7-14(16(11-15)21-2)12-18-13-17(19)9-5-3-4-6-10-17/h7-8,11,18-19H,3-6,9-10,12-13H2,1-2H3. The summed E-state index contributed by atoms with van der Waals surface area (Å²) in [5.74, 6) is 1.60. The summed E-state index contributed by atoms with van der Waals surface area (Å²) in [4.78, 5) is 0. The molecule has 0 spiro atoms. The third-order valence-corrected chi connectivity index (χ3v) is 4.30. The first kappa shape index (κ1) is 16.1. The summed E-state index contributed by atoms with van der Waals surface area (Å²) in [6, 6.07) is 5.82. The fourth-order valence-electron chi connectivity index (χ4n) is 2.99. The van der Waals surface area contributed by atoms with Gasteiger partial charge < -0.3 is 19.9 Å². The second kappa shape index (κ2) is 7.66. The van der Waals surface area contributed by atoms with E-state index in [0.717, 1.165) is 42.7 Å². The van der Waals surface area contributed by atoms with Gasteiger partial charge in [0, 0.05) is 24.7 Å². The van der Waals surface area contributed by atoms with Crippen LogP contribution in [0.2, 0.25) is 0 Å². The minimum atomic E-state index is -0.545. The average molecular weight is 293 g/mol. The first-order valence-corrected chi connectivity index (χ1v) is 7.81. The highest BCUT2D eigenvalue weighted by Gasteiger charge is 2.27. The largest absolute Gasteiger partial charge is 0.497 e. The van der Waals surface area contributed by atoms with Gasteiger partial charge in [-0.05, 0) is 18.9 Å². The van der Waals surface area contributed by atoms with Crippen molar-refractivity contribution in [3.63, 3.8) is 0 Å². The van der Waals surface area contributed by atoms with Crippen molar-refractivity contribution in [2.24, 2.45) is 0 Å². The Balaban J connectivity index is 1.90. The predicted molar refractivity (Wildman–Crippen MR) is 83.9 cm³/mol. The SMILES string of the molecule is COc1ccc(CNCC2(O)CCCCCC2)c(OC)c1. The van der Waals surface area contributed by atoms with Crippen LogP contribution in [-0.2, 0) is 6.54 Å². The number of rotatable bonds is 6. The van der Waals surface area contributed by atoms with E-state index in [0.29, 0.717) is 13.1 Å². The number of hydrogen-bond acceptors (Lipinski definition) is 4. The number of methoxy groups -OCH3 is 2. The lowest BCUT2D eigenvalue weighted by atomic mass is 9.94. The molecular formula is C17H27NO3. The third-order valence-electron chi connectivity index (χ3n) is 4.30. The molecule has 1 aliphatic carbocycles. The summed E-state index contributed by atoms with van der Waals surface area (Å²) in [5.41, 5.74) is 0.534. The van der Waals surface area contributed by atoms with Crippen LogP contribution in [0, 0.1) is 0 Å². The van der Waals surface area contributed by atoms with Crippen LogP contribution in [0.3, 0.4) is 0 Å². The quantitative estimate of drug-likeness (QED) is 0.792. The van der Waals surface area contributed by atoms with Crippen LogP contribution in [0.15, 0.2) is 18.2 Å². The van der Waals surface area contributed by atoms with E-state index in [4.69, 9.17) is 9.47 Å². The van der Waals surface area contributed by atoms with E-state index in [2.05, 4.69) is 5.32 Å². The summed E-state index contributed by atoms with van der Waals surface area (Å²) in [7, 11) is 3.31. The van der Waals surface area contributed by atoms with E-state index < -0.39 is 5.60 Å². The maximum absolute atomic E-state index is 10.6. The summed E-state index contributed by atoms with van der Waals surface area (Å²) in [5, 5.41) is 14.0. The molecule has 0 radical (unpaired) electrons. The predicted octanol–water partition coefficient (Wildman–Crippen LogP) is 2.88. The molecule has 0 atom stereocenters. The number of aliphatic hydroxyl groups is 1. The van der Waals surface area contributed by atoms with Gasteiger partial charge in [-0.25, -0.2) is 0 Å². The summed E-state index contributed by atoms with van der Waals surface area (Å²) in [6.45, 7) is 1.33. The molecule has 118 valence electrons. The zero-order chi connectivity index (χ0) is 15.1. The lowest BCUT2D eigenvalue weighted by Gasteiger charge is -2.27. The molecule has 0 bridgehead atoms. The first-order chi connectivity index (χ1) is 10.2. The molecule has 1 fully saturated rings. The summed E-state index contributed by atoms with van der Waals surface area (Å²) >= 11 is 0. The molecule has 2 rings (SSSR count). The Bertz CT molecular complexity index is 440. The van der Waals surface area contributed by atoms with Crippen molar-refractivity contribution in [1.82, 2.24) is 5.32 Å². The number of ether oxygens (including phenoxy) is 2. The molecule has 1 saturated carbocycles. The molecule has 0 amide bonds. The maximum atomic E-state index is 10.6. The second-order valence-electron chi connectivity index (χ2n) is 5.92. The van der Waals surface area contributed by atoms with Gasteiger partial charge in [-0.3, -0.25) is 0 Å². The van der Waals surface area contributed by atoms with Crippen molar-refractivity contribution in [3.8, 4) is 11.5 Å². The number of hydrogen-bond donors (Lipinski definition) is 2. The molecule has 2 N–H and O–H groups in total. The van der Waals surface area contributed by atoms with Gasteiger partial charge in [0.05, 0.1) is 19.8 Å². The molecule has 1 aromatic carbocycles. The second-order valence-corrected chi connectivity index (χ2v) is 5.92. The fraction of sp³-hybridized carbons (Fsp3) is 0.647. The lowest BCUT2D eigenvalue weighted by molar-refractivity contribution is 0.0250. The smallest absolute Gasteiger partial charge is 0.127 e. The van der Waals surface area contributed by atoms with Gasteiger partial charge in [0.1, 0.15) is 11.5 Å². The molecule has 4 nitrogen and oxygen atoms in total. The van der Waals surface area contributed by atoms with Gasteiger partial charge in [0.25, 0.3) is 0 Å². The highest BCUT2D eigenvalue weighted by molar-refractivity contribution is 5.40. The Labute approximate surface area is 127 Å². The lowest BCUT2D eigenvalue weighted by Crippen LogP contribution is -2.39. The molecule has 0 heterocycles. The van der Waals surface area contributed by atoms with Crippen molar-refractivity contribution >= 4 is 0 Å². The molecule has 0 unspecified atom stereocenters. The van der Waals surface area contributed by atoms with Crippen LogP contribution < -0.4 is 14.8 Å². The van der Waals surface area contributed by atoms with Gasteiger partial charge in [-0.2, -0.15) is 0 Å². The molecule has 0 saturated heterocycles. The van der Waals surface area contributed by atoms with Crippen molar-refractivity contribution in [1.29, 1.82) is 0 Å². The molecule has 4 heteroatoms. The van der Waals surface area contributed by atoms with Crippen molar-refractivity contribution in [3.05, 3.63) is 23.8 Å². The zero-order valence-corrected chi connectivity index (χ0v) is 13.2. The van der Waals surface area contributed by atoms with Crippen molar-refractivity contribution < 1.29 is 14.6 Å². The van der Waals surface area contributed by atoms with Crippen molar-refractivity contribution in [2.75, 3.05) is 20.8 Å². The monoisotopic (exact) mass is 293 g/mol. The normalized spacial score (nSPS) is 18.0. The highest BCUT2D eigenvalue weighted by Crippen LogP contribution is 2.27. The average Bonchev–Trinajstić information content (AvgIpc) is 2.72. The minimum absolute atomic E-state index is 0.545. The van der Waals surface area contributed by atoms with E-state index in [-0.39, 0.29) is 0 Å². The summed E-state index contributed by atoms with van der Waals surface area (Å²) in [6.07, 6.45) is 6.55. The van der Waals surface area contributed by atoms with Crippen molar-refractivity contribution in [2.45, 2.75) is 50.7 Å². The Hall–Kier alpha value is -1.26. The van der Waals surface area contributed by atoms with Gasteiger partial charge in [-0.1, -0.05) is 31.7 Å². The fourth-order valence-corrected chi connectivity index (χ4v) is 2.99. The third kappa shape index (κ3) is 4.61. The molecule has 21 heavy (non-hydrogen) atoms. The molecule has 1 aromatic rings. The van der Waals surface area contributed by atoms with E-state index in [9.17, 15) is 5.11 Å². The molecule has 0 aliphatic heterocycles. The van der Waals surface area contributed by atoms with Crippen LogP contribution in [0.5, 0.6) is 11.5 Å². The van der Waals surface area contributed by atoms with Gasteiger partial charge in [-0.15, -0.1) is 0 Å². The Morgan fingerprint density at radius 2 is 1.81 bits per heavy atom. The molecule has 0 aromatic heterocycles. The Morgan fingerprint density at radius 1 is 1.10 bits per heavy atom. The van der Waals surface area contributed by atoms with E-state index >= 15 is 0 Å². The highest BCUT2D eigenvalue weighted by atomic mass is 16.5. The van der Waals surface area contributed by atoms with Gasteiger partial charge in [0.15, 0.2) is 0 Å². The van der Waals surface area contributed by atoms with Gasteiger partial charge in [0.2, 0.25) is 0 Å². The van der Waals surface area contributed by atoms with Crippen LogP contribution in [-0.4, -0.2) is 31.5 Å². The number of benzene rings is 1. The van der Waals surface area contributed by atoms with E-state index in [1.807, 2.05) is 18.2 Å². The van der Waals surface area contributed by atoms with E-state index in [1.54, 1.807) is 14.2 Å². The van der Waals surface area contributed by atoms with Crippen LogP contribution in [0.1, 0.15) is 44.1 Å². The van der Waals surface area contributed by atoms with Gasteiger partial charge >= 0.3 is 0 Å². The summed E-state index contributed by atoms with van der Waals surface area (Å²) < 4.78 is 10.6. The Morgan fingerprint density at radius 3 is 2.43 bits per heavy atom. The van der Waals surface area contributed by atoms with Crippen LogP contribution in [0.25, 0.3) is 0 Å². The molecular weight excluding hydrogens is 266 g/mol. The number of nitrogens with one attached hydrogen (secondary N) is 1. The Kier molecular flexibility index (Phi) is 5.88. The minimum Gasteiger partial charge on any atom is -0.497 e. The topological polar surface area (TPSA) is 50.7 Å². The first-order valence-electron chi connectivity index (χ1n) is 7.81. The van der Waals surface area contributed by atoms with E-state index in [1.165, 1.54) is 12.8 Å². The maximum Gasteiger partial charge on any atom is 0.127 e. The molecule has 1 aliphatic rings. The van der Waals surface area contributed by atoms with Crippen LogP contribution in [0.4, 0.5) is 0 Å². The van der Waals surface area contributed by atoms with Crippen LogP contribution >= 0.6 is 0 Å². The zero-order valence-electron chi connectivity index (χ0n) is 13.2.